The number of rotatable bonds is 1. The van der Waals surface area contributed by atoms with Crippen LogP contribution < -0.4 is 0 Å². The van der Waals surface area contributed by atoms with E-state index in [1.165, 1.54) is 11.7 Å². The van der Waals surface area contributed by atoms with Crippen LogP contribution in [0.25, 0.3) is 33.1 Å². The molecule has 5 heteroatoms. The van der Waals surface area contributed by atoms with Crippen LogP contribution in [0.5, 0.6) is 0 Å². The summed E-state index contributed by atoms with van der Waals surface area (Å²) in [6, 6.07) is 8.11. The van der Waals surface area contributed by atoms with Crippen molar-refractivity contribution in [3.63, 3.8) is 0 Å². The van der Waals surface area contributed by atoms with E-state index in [-0.39, 0.29) is 0 Å². The summed E-state index contributed by atoms with van der Waals surface area (Å²) in [6.07, 6.45) is 5.64. The third-order valence-corrected chi connectivity index (χ3v) is 3.60. The molecule has 18 heavy (non-hydrogen) atoms. The summed E-state index contributed by atoms with van der Waals surface area (Å²) in [4.78, 5) is 7.45. The lowest BCUT2D eigenvalue weighted by molar-refractivity contribution is 1.34. The molecule has 0 spiro atoms. The maximum atomic E-state index is 4.38. The number of hydrogen-bond acceptors (Lipinski definition) is 4. The zero-order chi connectivity index (χ0) is 11.9. The maximum Gasteiger partial charge on any atom is 0.112 e. The van der Waals surface area contributed by atoms with Gasteiger partial charge in [0.05, 0.1) is 23.4 Å². The van der Waals surface area contributed by atoms with Crippen LogP contribution in [0.1, 0.15) is 0 Å². The van der Waals surface area contributed by atoms with Crippen molar-refractivity contribution in [3.8, 4) is 11.1 Å². The Bertz CT molecular complexity index is 774. The highest BCUT2D eigenvalue weighted by Gasteiger charge is 2.10. The minimum Gasteiger partial charge on any atom is -0.360 e. The second-order valence-electron chi connectivity index (χ2n) is 4.06. The highest BCUT2D eigenvalue weighted by Crippen LogP contribution is 2.31. The fraction of sp³-hybridized carbons (Fsp3) is 0. The number of aromatic amines is 1. The van der Waals surface area contributed by atoms with Crippen molar-refractivity contribution in [3.05, 3.63) is 42.9 Å². The van der Waals surface area contributed by atoms with E-state index in [2.05, 4.69) is 30.8 Å². The summed E-state index contributed by atoms with van der Waals surface area (Å²) in [5, 5.41) is 1.16. The van der Waals surface area contributed by atoms with Crippen molar-refractivity contribution < 1.29 is 0 Å². The van der Waals surface area contributed by atoms with Gasteiger partial charge in [-0.2, -0.15) is 8.75 Å². The molecule has 0 unspecified atom stereocenters. The van der Waals surface area contributed by atoms with Crippen LogP contribution >= 0.6 is 11.7 Å². The van der Waals surface area contributed by atoms with E-state index in [1.807, 2.05) is 30.7 Å². The quantitative estimate of drug-likeness (QED) is 0.566. The van der Waals surface area contributed by atoms with E-state index < -0.39 is 0 Å². The van der Waals surface area contributed by atoms with Gasteiger partial charge < -0.3 is 4.98 Å². The lowest BCUT2D eigenvalue weighted by Gasteiger charge is -2.03. The highest BCUT2D eigenvalue weighted by atomic mass is 32.1. The number of hydrogen-bond donors (Lipinski definition) is 1. The van der Waals surface area contributed by atoms with E-state index in [0.29, 0.717) is 0 Å². The number of nitrogens with zero attached hydrogens (tertiary/aromatic N) is 3. The predicted octanol–water partition coefficient (Wildman–Crippen LogP) is 3.23. The lowest BCUT2D eigenvalue weighted by atomic mass is 10.0. The molecular formula is C13H8N4S. The second kappa shape index (κ2) is 3.61. The van der Waals surface area contributed by atoms with Crippen molar-refractivity contribution in [1.29, 1.82) is 0 Å². The Labute approximate surface area is 107 Å². The fourth-order valence-electron chi connectivity index (χ4n) is 2.22. The molecule has 0 radical (unpaired) electrons. The molecule has 0 bridgehead atoms. The van der Waals surface area contributed by atoms with Gasteiger partial charge in [0.25, 0.3) is 0 Å². The van der Waals surface area contributed by atoms with Crippen LogP contribution in [0.2, 0.25) is 0 Å². The van der Waals surface area contributed by atoms with Gasteiger partial charge in [-0.1, -0.05) is 12.1 Å². The first-order chi connectivity index (χ1) is 8.93. The predicted molar refractivity (Wildman–Crippen MR) is 72.5 cm³/mol. The largest absolute Gasteiger partial charge is 0.360 e. The standard InChI is InChI=1S/C13H8N4S/c1-2-9(13-11(3-1)16-18-17-13)10-6-14-7-12-8(10)4-5-15-12/h1-7,15H. The average Bonchev–Trinajstić information content (AvgIpc) is 3.06. The van der Waals surface area contributed by atoms with Gasteiger partial charge in [0.1, 0.15) is 11.0 Å². The van der Waals surface area contributed by atoms with Gasteiger partial charge in [0, 0.05) is 28.9 Å². The molecule has 0 saturated heterocycles. The Balaban J connectivity index is 2.13. The number of fused-ring (bicyclic) bond motifs is 2. The lowest BCUT2D eigenvalue weighted by Crippen LogP contribution is -1.83. The monoisotopic (exact) mass is 252 g/mol. The molecule has 3 heterocycles. The van der Waals surface area contributed by atoms with Gasteiger partial charge in [-0.15, -0.1) is 0 Å². The number of nitrogens with one attached hydrogen (secondary N) is 1. The Morgan fingerprint density at radius 3 is 3.00 bits per heavy atom. The minimum atomic E-state index is 0.935. The van der Waals surface area contributed by atoms with E-state index in [1.54, 1.807) is 0 Å². The van der Waals surface area contributed by atoms with Crippen molar-refractivity contribution in [2.45, 2.75) is 0 Å². The summed E-state index contributed by atoms with van der Waals surface area (Å²) >= 11 is 1.24. The van der Waals surface area contributed by atoms with Crippen molar-refractivity contribution in [2.24, 2.45) is 0 Å². The first-order valence-corrected chi connectivity index (χ1v) is 6.29. The zero-order valence-corrected chi connectivity index (χ0v) is 10.1. The molecule has 4 aromatic rings. The van der Waals surface area contributed by atoms with E-state index in [9.17, 15) is 0 Å². The molecule has 0 saturated carbocycles. The van der Waals surface area contributed by atoms with Crippen molar-refractivity contribution in [1.82, 2.24) is 18.7 Å². The fourth-order valence-corrected chi connectivity index (χ4v) is 2.77. The summed E-state index contributed by atoms with van der Waals surface area (Å²) in [5.41, 5.74) is 5.08. The summed E-state index contributed by atoms with van der Waals surface area (Å²) in [7, 11) is 0. The number of aromatic nitrogens is 4. The molecule has 0 aliphatic heterocycles. The highest BCUT2D eigenvalue weighted by molar-refractivity contribution is 7.00. The van der Waals surface area contributed by atoms with Crippen LogP contribution in [0.3, 0.4) is 0 Å². The van der Waals surface area contributed by atoms with Gasteiger partial charge >= 0.3 is 0 Å². The Kier molecular flexibility index (Phi) is 1.95. The van der Waals surface area contributed by atoms with E-state index >= 15 is 0 Å². The molecule has 0 atom stereocenters. The third-order valence-electron chi connectivity index (χ3n) is 3.05. The SMILES string of the molecule is c1cc(-c2cncc3[nH]ccc23)c2nsnc2c1. The van der Waals surface area contributed by atoms with E-state index in [0.717, 1.165) is 33.1 Å². The van der Waals surface area contributed by atoms with Gasteiger partial charge in [-0.3, -0.25) is 4.98 Å². The van der Waals surface area contributed by atoms with Gasteiger partial charge in [0.2, 0.25) is 0 Å². The Morgan fingerprint density at radius 2 is 2.00 bits per heavy atom. The molecule has 1 N–H and O–H groups in total. The smallest absolute Gasteiger partial charge is 0.112 e. The summed E-state index contributed by atoms with van der Waals surface area (Å²) in [5.74, 6) is 0. The topological polar surface area (TPSA) is 54.5 Å². The Morgan fingerprint density at radius 1 is 1.00 bits per heavy atom. The summed E-state index contributed by atoms with van der Waals surface area (Å²) < 4.78 is 8.65. The molecule has 0 aliphatic carbocycles. The van der Waals surface area contributed by atoms with E-state index in [4.69, 9.17) is 0 Å². The third kappa shape index (κ3) is 1.28. The first-order valence-electron chi connectivity index (χ1n) is 5.56. The average molecular weight is 252 g/mol. The van der Waals surface area contributed by atoms with Gasteiger partial charge in [-0.05, 0) is 12.1 Å². The van der Waals surface area contributed by atoms with Gasteiger partial charge in [-0.25, -0.2) is 0 Å². The van der Waals surface area contributed by atoms with Crippen molar-refractivity contribution in [2.75, 3.05) is 0 Å². The Hall–Kier alpha value is -2.27. The normalized spacial score (nSPS) is 11.3. The van der Waals surface area contributed by atoms with Crippen LogP contribution in [-0.2, 0) is 0 Å². The first kappa shape index (κ1) is 9.73. The molecule has 0 amide bonds. The number of benzene rings is 1. The van der Waals surface area contributed by atoms with Crippen LogP contribution in [0, 0.1) is 0 Å². The maximum absolute atomic E-state index is 4.38. The molecule has 0 aliphatic rings. The number of pyridine rings is 1. The molecule has 4 nitrogen and oxygen atoms in total. The van der Waals surface area contributed by atoms with Crippen LogP contribution in [0.4, 0.5) is 0 Å². The van der Waals surface area contributed by atoms with Gasteiger partial charge in [0.15, 0.2) is 0 Å². The second-order valence-corrected chi connectivity index (χ2v) is 4.59. The minimum absolute atomic E-state index is 0.935. The van der Waals surface area contributed by atoms with Crippen LogP contribution in [0.15, 0.2) is 42.9 Å². The molecule has 0 fully saturated rings. The molecule has 3 aromatic heterocycles. The van der Waals surface area contributed by atoms with Crippen molar-refractivity contribution >= 4 is 33.7 Å². The summed E-state index contributed by atoms with van der Waals surface area (Å²) in [6.45, 7) is 0. The van der Waals surface area contributed by atoms with Crippen LogP contribution in [-0.4, -0.2) is 18.7 Å². The zero-order valence-electron chi connectivity index (χ0n) is 9.29. The molecular weight excluding hydrogens is 244 g/mol. The molecule has 1 aromatic carbocycles. The molecule has 4 rings (SSSR count). The number of H-pyrrole nitrogens is 1. The molecule has 86 valence electrons.